The van der Waals surface area contributed by atoms with Gasteiger partial charge in [-0.1, -0.05) is 78.9 Å². The van der Waals surface area contributed by atoms with Crippen molar-refractivity contribution in [1.82, 2.24) is 0 Å². The molecule has 0 aromatic heterocycles. The second kappa shape index (κ2) is 11.2. The molecule has 1 aliphatic rings. The molecule has 0 spiro atoms. The van der Waals surface area contributed by atoms with Crippen LogP contribution in [0.4, 0.5) is 13.2 Å². The van der Waals surface area contributed by atoms with Crippen LogP contribution in [-0.2, 0) is 15.1 Å². The van der Waals surface area contributed by atoms with Gasteiger partial charge in [-0.15, -0.1) is 0 Å². The molecule has 3 aromatic carbocycles. The second-order valence-corrected chi connectivity index (χ2v) is 8.53. The third kappa shape index (κ3) is 5.86. The van der Waals surface area contributed by atoms with Gasteiger partial charge in [-0.05, 0) is 36.5 Å². The van der Waals surface area contributed by atoms with Gasteiger partial charge >= 0.3 is 6.18 Å². The smallest absolute Gasteiger partial charge is 0.399 e. The van der Waals surface area contributed by atoms with Gasteiger partial charge < -0.3 is 19.3 Å². The summed E-state index contributed by atoms with van der Waals surface area (Å²) in [6.45, 7) is 0.963. The Morgan fingerprint density at radius 3 is 2.17 bits per heavy atom. The van der Waals surface area contributed by atoms with E-state index in [1.165, 1.54) is 42.5 Å². The standard InChI is InChI=1S/C28H29F3O4/c29-28(30,31)26(21-11-3-1-4-12-21)27(32,22-13-5-2-6-14-22)23-15-7-8-16-24(23)33-19-20-35-25-17-9-10-18-34-25/h1-8,11-16,25-26,32H,9-10,17-20H2. The van der Waals surface area contributed by atoms with Gasteiger partial charge in [0.15, 0.2) is 6.29 Å². The molecule has 1 N–H and O–H groups in total. The number of halogens is 3. The molecule has 0 amide bonds. The SMILES string of the molecule is OC(c1ccccc1)(c1ccccc1OCCOC1CCCCO1)C(c1ccccc1)C(F)(F)F. The van der Waals surface area contributed by atoms with Crippen LogP contribution in [0.15, 0.2) is 84.9 Å². The van der Waals surface area contributed by atoms with Gasteiger partial charge in [0, 0.05) is 12.2 Å². The van der Waals surface area contributed by atoms with Crippen molar-refractivity contribution in [3.8, 4) is 5.75 Å². The number of ether oxygens (including phenoxy) is 3. The summed E-state index contributed by atoms with van der Waals surface area (Å²) >= 11 is 0. The van der Waals surface area contributed by atoms with Crippen LogP contribution in [0.1, 0.15) is 41.9 Å². The monoisotopic (exact) mass is 486 g/mol. The summed E-state index contributed by atoms with van der Waals surface area (Å²) in [4.78, 5) is 0. The highest BCUT2D eigenvalue weighted by Gasteiger charge is 2.56. The lowest BCUT2D eigenvalue weighted by molar-refractivity contribution is -0.191. The lowest BCUT2D eigenvalue weighted by Crippen LogP contribution is -2.43. The van der Waals surface area contributed by atoms with E-state index in [1.807, 2.05) is 0 Å². The molecule has 3 atom stereocenters. The lowest BCUT2D eigenvalue weighted by Gasteiger charge is -2.39. The molecule has 1 aliphatic heterocycles. The van der Waals surface area contributed by atoms with Crippen molar-refractivity contribution < 1.29 is 32.5 Å². The molecule has 0 saturated carbocycles. The van der Waals surface area contributed by atoms with E-state index in [1.54, 1.807) is 42.5 Å². The first-order valence-corrected chi connectivity index (χ1v) is 11.8. The van der Waals surface area contributed by atoms with Gasteiger partial charge in [-0.3, -0.25) is 0 Å². The molecule has 0 bridgehead atoms. The zero-order chi connectivity index (χ0) is 24.7. The molecule has 4 rings (SSSR count). The first-order valence-electron chi connectivity index (χ1n) is 11.8. The Morgan fingerprint density at radius 1 is 0.857 bits per heavy atom. The molecule has 4 nitrogen and oxygen atoms in total. The third-order valence-corrected chi connectivity index (χ3v) is 6.17. The second-order valence-electron chi connectivity index (χ2n) is 8.53. The minimum atomic E-state index is -4.75. The Kier molecular flexibility index (Phi) is 8.11. The van der Waals surface area contributed by atoms with Crippen molar-refractivity contribution in [2.24, 2.45) is 0 Å². The summed E-state index contributed by atoms with van der Waals surface area (Å²) in [5, 5.41) is 12.1. The van der Waals surface area contributed by atoms with Crippen LogP contribution >= 0.6 is 0 Å². The van der Waals surface area contributed by atoms with Crippen LogP contribution < -0.4 is 4.74 Å². The fourth-order valence-electron chi connectivity index (χ4n) is 4.56. The summed E-state index contributed by atoms with van der Waals surface area (Å²) in [6.07, 6.45) is -2.22. The van der Waals surface area contributed by atoms with Crippen LogP contribution in [0.3, 0.4) is 0 Å². The average molecular weight is 487 g/mol. The van der Waals surface area contributed by atoms with E-state index >= 15 is 0 Å². The topological polar surface area (TPSA) is 47.9 Å². The third-order valence-electron chi connectivity index (χ3n) is 6.17. The Balaban J connectivity index is 1.70. The summed E-state index contributed by atoms with van der Waals surface area (Å²) in [7, 11) is 0. The number of hydrogen-bond donors (Lipinski definition) is 1. The van der Waals surface area contributed by atoms with Crippen LogP contribution in [0.5, 0.6) is 5.75 Å². The van der Waals surface area contributed by atoms with Crippen LogP contribution in [-0.4, -0.2) is 37.4 Å². The van der Waals surface area contributed by atoms with Gasteiger partial charge in [-0.2, -0.15) is 13.2 Å². The van der Waals surface area contributed by atoms with E-state index in [-0.39, 0.29) is 41.9 Å². The van der Waals surface area contributed by atoms with Gasteiger partial charge in [0.25, 0.3) is 0 Å². The first kappa shape index (κ1) is 25.2. The van der Waals surface area contributed by atoms with Gasteiger partial charge in [-0.25, -0.2) is 0 Å². The summed E-state index contributed by atoms with van der Waals surface area (Å²) in [6, 6.07) is 21.7. The largest absolute Gasteiger partial charge is 0.491 e. The number of para-hydroxylation sites is 1. The average Bonchev–Trinajstić information content (AvgIpc) is 2.88. The number of hydrogen-bond acceptors (Lipinski definition) is 4. The molecule has 3 aromatic rings. The Labute approximate surface area is 203 Å². The van der Waals surface area contributed by atoms with Gasteiger partial charge in [0.1, 0.15) is 23.9 Å². The fraction of sp³-hybridized carbons (Fsp3) is 0.357. The molecule has 1 heterocycles. The van der Waals surface area contributed by atoms with E-state index in [4.69, 9.17) is 14.2 Å². The van der Waals surface area contributed by atoms with E-state index < -0.39 is 17.7 Å². The van der Waals surface area contributed by atoms with Crippen molar-refractivity contribution in [3.63, 3.8) is 0 Å². The van der Waals surface area contributed by atoms with Crippen molar-refractivity contribution in [1.29, 1.82) is 0 Å². The maximum atomic E-state index is 14.7. The van der Waals surface area contributed by atoms with Crippen LogP contribution in [0.25, 0.3) is 0 Å². The van der Waals surface area contributed by atoms with Crippen molar-refractivity contribution in [2.45, 2.75) is 43.2 Å². The van der Waals surface area contributed by atoms with E-state index in [2.05, 4.69) is 0 Å². The quantitative estimate of drug-likeness (QED) is 0.367. The minimum absolute atomic E-state index is 0.0336. The highest BCUT2D eigenvalue weighted by molar-refractivity contribution is 5.49. The Hall–Kier alpha value is -2.87. The Morgan fingerprint density at radius 2 is 1.51 bits per heavy atom. The summed E-state index contributed by atoms with van der Waals surface area (Å²) in [5.74, 6) is -2.06. The zero-order valence-electron chi connectivity index (χ0n) is 19.3. The normalized spacial score (nSPS) is 19.0. The number of rotatable bonds is 9. The number of aliphatic hydroxyl groups is 1. The summed E-state index contributed by atoms with van der Waals surface area (Å²) in [5.41, 5.74) is -2.33. The van der Waals surface area contributed by atoms with Crippen LogP contribution in [0, 0.1) is 0 Å². The molecular formula is C28H29F3O4. The number of alkyl halides is 3. The zero-order valence-corrected chi connectivity index (χ0v) is 19.3. The molecule has 1 fully saturated rings. The maximum Gasteiger partial charge on any atom is 0.399 e. The molecule has 0 aliphatic carbocycles. The predicted octanol–water partition coefficient (Wildman–Crippen LogP) is 6.19. The molecule has 3 unspecified atom stereocenters. The molecule has 7 heteroatoms. The summed E-state index contributed by atoms with van der Waals surface area (Å²) < 4.78 is 61.2. The maximum absolute atomic E-state index is 14.7. The number of benzene rings is 3. The predicted molar refractivity (Wildman–Crippen MR) is 126 cm³/mol. The first-order chi connectivity index (χ1) is 16.9. The van der Waals surface area contributed by atoms with E-state index in [9.17, 15) is 18.3 Å². The van der Waals surface area contributed by atoms with Gasteiger partial charge in [0.05, 0.1) is 6.61 Å². The van der Waals surface area contributed by atoms with Crippen molar-refractivity contribution in [3.05, 3.63) is 102 Å². The Bertz CT molecular complexity index is 1050. The minimum Gasteiger partial charge on any atom is -0.491 e. The molecule has 1 saturated heterocycles. The van der Waals surface area contributed by atoms with E-state index in [0.29, 0.717) is 6.61 Å². The van der Waals surface area contributed by atoms with Crippen molar-refractivity contribution >= 4 is 0 Å². The molecular weight excluding hydrogens is 457 g/mol. The highest BCUT2D eigenvalue weighted by Crippen LogP contribution is 2.52. The van der Waals surface area contributed by atoms with Crippen LogP contribution in [0.2, 0.25) is 0 Å². The lowest BCUT2D eigenvalue weighted by atomic mass is 9.72. The van der Waals surface area contributed by atoms with Gasteiger partial charge in [0.2, 0.25) is 0 Å². The fourth-order valence-corrected chi connectivity index (χ4v) is 4.56. The molecule has 35 heavy (non-hydrogen) atoms. The highest BCUT2D eigenvalue weighted by atomic mass is 19.4. The molecule has 186 valence electrons. The van der Waals surface area contributed by atoms with Crippen molar-refractivity contribution in [2.75, 3.05) is 19.8 Å². The molecule has 0 radical (unpaired) electrons. The van der Waals surface area contributed by atoms with E-state index in [0.717, 1.165) is 19.3 Å².